The minimum absolute atomic E-state index is 0.0134. The number of hydrogen-bond donors (Lipinski definition) is 1. The number of pyridine rings is 1. The van der Waals surface area contributed by atoms with Crippen molar-refractivity contribution in [1.82, 2.24) is 14.9 Å². The number of carbonyl (C=O) groups is 4. The zero-order valence-corrected chi connectivity index (χ0v) is 24.6. The maximum absolute atomic E-state index is 14.0. The van der Waals surface area contributed by atoms with Crippen molar-refractivity contribution in [3.63, 3.8) is 0 Å². The van der Waals surface area contributed by atoms with Gasteiger partial charge >= 0.3 is 6.18 Å². The Morgan fingerprint density at radius 1 is 1.09 bits per heavy atom. The second kappa shape index (κ2) is 9.68. The number of alkyl halides is 5. The van der Waals surface area contributed by atoms with Crippen molar-refractivity contribution >= 4 is 64.2 Å². The first-order valence-corrected chi connectivity index (χ1v) is 14.2. The Hall–Kier alpha value is -3.13. The van der Waals surface area contributed by atoms with Crippen molar-refractivity contribution in [1.29, 1.82) is 0 Å². The fraction of sp³-hybridized carbons (Fsp3) is 0.444. The number of allylic oxidation sites excluding steroid dienone is 2. The number of imide groups is 2. The number of carbonyl (C=O) groups excluding carboxylic acids is 4. The van der Waals surface area contributed by atoms with Crippen LogP contribution in [-0.2, 0) is 32.0 Å². The summed E-state index contributed by atoms with van der Waals surface area (Å²) in [6.07, 6.45) is -3.42. The van der Waals surface area contributed by atoms with Crippen LogP contribution in [0.2, 0.25) is 5.02 Å². The highest BCUT2D eigenvalue weighted by Crippen LogP contribution is 2.65. The van der Waals surface area contributed by atoms with E-state index < -0.39 is 81.3 Å². The maximum atomic E-state index is 14.0. The van der Waals surface area contributed by atoms with Crippen LogP contribution in [0.4, 0.5) is 19.0 Å². The van der Waals surface area contributed by atoms with Crippen molar-refractivity contribution in [3.8, 4) is 0 Å². The summed E-state index contributed by atoms with van der Waals surface area (Å²) in [6, 6.07) is 4.61. The molecule has 4 aliphatic rings. The normalized spacial score (nSPS) is 32.2. The van der Waals surface area contributed by atoms with E-state index >= 15 is 0 Å². The van der Waals surface area contributed by atoms with Gasteiger partial charge in [0.1, 0.15) is 23.8 Å². The van der Waals surface area contributed by atoms with Gasteiger partial charge in [0.15, 0.2) is 15.6 Å². The molecule has 6 atom stereocenters. The fourth-order valence-electron chi connectivity index (χ4n) is 6.88. The number of rotatable bonds is 4. The zero-order valence-electron chi connectivity index (χ0n) is 22.4. The standard InChI is InChI=1S/C27H22Cl3F3N4O6/c1-35-23(41)25(29)9-14-12(19(26(25,30)24(35)42)16-7-3-11(10-38)43-16)4-5-13-18(14)22(40)37(21(13)39)36(2)20-15(28)6-8-17(34-20)27(31,32)33/h3-4,6-8,13-14,18-19,38H,5,9-10H2,1-2H3/t13-,14+,18-,19+,25+,26-/m0/s1. The van der Waals surface area contributed by atoms with Crippen LogP contribution in [-0.4, -0.2) is 67.5 Å². The molecule has 2 aliphatic carbocycles. The number of hydrazine groups is 1. The number of aliphatic hydroxyl groups excluding tert-OH is 1. The second-order valence-electron chi connectivity index (χ2n) is 11.0. The van der Waals surface area contributed by atoms with Gasteiger partial charge in [-0.1, -0.05) is 23.3 Å². The molecule has 0 radical (unpaired) electrons. The molecule has 0 unspecified atom stereocenters. The molecule has 16 heteroatoms. The molecule has 4 heterocycles. The monoisotopic (exact) mass is 660 g/mol. The predicted octanol–water partition coefficient (Wildman–Crippen LogP) is 3.88. The van der Waals surface area contributed by atoms with Gasteiger partial charge in [0.25, 0.3) is 23.6 Å². The molecule has 0 aromatic carbocycles. The van der Waals surface area contributed by atoms with Crippen molar-refractivity contribution in [3.05, 3.63) is 58.2 Å². The lowest BCUT2D eigenvalue weighted by Crippen LogP contribution is -2.60. The average molecular weight is 662 g/mol. The van der Waals surface area contributed by atoms with Gasteiger partial charge in [0.05, 0.1) is 22.8 Å². The summed E-state index contributed by atoms with van der Waals surface area (Å²) in [6.45, 7) is -0.464. The van der Waals surface area contributed by atoms with Crippen LogP contribution in [0.5, 0.6) is 0 Å². The summed E-state index contributed by atoms with van der Waals surface area (Å²) in [5.74, 6) is -7.35. The Morgan fingerprint density at radius 2 is 1.79 bits per heavy atom. The lowest BCUT2D eigenvalue weighted by Gasteiger charge is -2.49. The van der Waals surface area contributed by atoms with Gasteiger partial charge in [-0.3, -0.25) is 29.1 Å². The molecule has 2 aliphatic heterocycles. The molecule has 43 heavy (non-hydrogen) atoms. The second-order valence-corrected chi connectivity index (χ2v) is 12.6. The molecule has 0 bridgehead atoms. The number of halogens is 6. The van der Waals surface area contributed by atoms with Crippen molar-refractivity contribution in [2.45, 2.75) is 41.3 Å². The van der Waals surface area contributed by atoms with E-state index in [0.29, 0.717) is 16.6 Å². The summed E-state index contributed by atoms with van der Waals surface area (Å²) >= 11 is 20.2. The van der Waals surface area contributed by atoms with Crippen LogP contribution >= 0.6 is 34.8 Å². The van der Waals surface area contributed by atoms with Gasteiger partial charge in [0, 0.05) is 14.1 Å². The molecule has 10 nitrogen and oxygen atoms in total. The third kappa shape index (κ3) is 3.94. The highest BCUT2D eigenvalue weighted by molar-refractivity contribution is 6.53. The molecule has 2 aromatic heterocycles. The van der Waals surface area contributed by atoms with Crippen LogP contribution in [0.25, 0.3) is 0 Å². The molecular formula is C27H22Cl3F3N4O6. The molecule has 2 saturated heterocycles. The highest BCUT2D eigenvalue weighted by Gasteiger charge is 2.76. The number of anilines is 1. The average Bonchev–Trinajstić information content (AvgIpc) is 3.56. The summed E-state index contributed by atoms with van der Waals surface area (Å²) < 4.78 is 46.0. The summed E-state index contributed by atoms with van der Waals surface area (Å²) in [7, 11) is 2.43. The van der Waals surface area contributed by atoms with Crippen molar-refractivity contribution in [2.75, 3.05) is 19.1 Å². The smallest absolute Gasteiger partial charge is 0.433 e. The van der Waals surface area contributed by atoms with Gasteiger partial charge in [-0.15, -0.1) is 23.2 Å². The molecule has 228 valence electrons. The highest BCUT2D eigenvalue weighted by atomic mass is 35.5. The Labute approximate surface area is 256 Å². The van der Waals surface area contributed by atoms with Crippen LogP contribution in [0.15, 0.2) is 40.3 Å². The quantitative estimate of drug-likeness (QED) is 0.298. The number of aliphatic hydroxyl groups is 1. The first kappa shape index (κ1) is 29.9. The Kier molecular flexibility index (Phi) is 6.74. The minimum Gasteiger partial charge on any atom is -0.463 e. The third-order valence-corrected chi connectivity index (χ3v) is 10.5. The fourth-order valence-corrected chi connectivity index (χ4v) is 8.11. The van der Waals surface area contributed by atoms with Crippen molar-refractivity contribution < 1.29 is 41.9 Å². The van der Waals surface area contributed by atoms with Gasteiger partial charge in [-0.25, -0.2) is 4.98 Å². The number of likely N-dealkylation sites (tertiary alicyclic amines) is 1. The summed E-state index contributed by atoms with van der Waals surface area (Å²) in [5.41, 5.74) is -0.824. The number of hydrogen-bond acceptors (Lipinski definition) is 8. The Morgan fingerprint density at radius 3 is 2.42 bits per heavy atom. The van der Waals surface area contributed by atoms with E-state index in [9.17, 15) is 37.5 Å². The molecule has 2 aromatic rings. The van der Waals surface area contributed by atoms with E-state index in [1.807, 2.05) is 0 Å². The Balaban J connectivity index is 1.44. The molecular weight excluding hydrogens is 640 g/mol. The van der Waals surface area contributed by atoms with Gasteiger partial charge in [0.2, 0.25) is 0 Å². The predicted molar refractivity (Wildman–Crippen MR) is 145 cm³/mol. The first-order valence-electron chi connectivity index (χ1n) is 13.0. The van der Waals surface area contributed by atoms with Crippen LogP contribution in [0.1, 0.15) is 36.0 Å². The van der Waals surface area contributed by atoms with E-state index in [2.05, 4.69) is 4.98 Å². The molecule has 6 rings (SSSR count). The lowest BCUT2D eigenvalue weighted by atomic mass is 9.57. The molecule has 0 spiro atoms. The first-order chi connectivity index (χ1) is 20.1. The number of amides is 4. The summed E-state index contributed by atoms with van der Waals surface area (Å²) in [5, 5.41) is 10.9. The largest absolute Gasteiger partial charge is 0.463 e. The topological polar surface area (TPSA) is 124 Å². The van der Waals surface area contributed by atoms with E-state index in [1.54, 1.807) is 6.08 Å². The van der Waals surface area contributed by atoms with Gasteiger partial charge < -0.3 is 9.52 Å². The maximum Gasteiger partial charge on any atom is 0.433 e. The lowest BCUT2D eigenvalue weighted by molar-refractivity contribution is -0.141. The van der Waals surface area contributed by atoms with Crippen LogP contribution in [0.3, 0.4) is 0 Å². The molecule has 1 N–H and O–H groups in total. The molecule has 3 fully saturated rings. The molecule has 1 saturated carbocycles. The van der Waals surface area contributed by atoms with Crippen LogP contribution < -0.4 is 5.01 Å². The van der Waals surface area contributed by atoms with Crippen molar-refractivity contribution in [2.24, 2.45) is 17.8 Å². The number of nitrogens with zero attached hydrogens (tertiary/aromatic N) is 4. The van der Waals surface area contributed by atoms with E-state index in [-0.39, 0.29) is 29.4 Å². The van der Waals surface area contributed by atoms with E-state index in [0.717, 1.165) is 16.0 Å². The summed E-state index contributed by atoms with van der Waals surface area (Å²) in [4.78, 5) is 55.0. The molecule has 4 amide bonds. The van der Waals surface area contributed by atoms with E-state index in [1.165, 1.54) is 26.2 Å². The number of fused-ring (bicyclic) bond motifs is 4. The Bertz CT molecular complexity index is 1630. The van der Waals surface area contributed by atoms with Gasteiger partial charge in [-0.2, -0.15) is 18.2 Å². The zero-order chi connectivity index (χ0) is 31.4. The van der Waals surface area contributed by atoms with E-state index in [4.69, 9.17) is 39.2 Å². The van der Waals surface area contributed by atoms with Crippen LogP contribution in [0, 0.1) is 17.8 Å². The number of aromatic nitrogens is 1. The SMILES string of the molecule is CN1C(=O)[C@]2(Cl)C[C@@H]3C(=CC[C@@H]4C(=O)N(N(C)c5nc(C(F)(F)F)ccc5Cl)C(=O)[C@@H]43)[C@H](c3ccc(CO)o3)[C@]2(Cl)C1=O. The van der Waals surface area contributed by atoms with Gasteiger partial charge in [-0.05, 0) is 43.0 Å². The third-order valence-electron chi connectivity index (χ3n) is 8.84. The number of furan rings is 1. The minimum atomic E-state index is -4.81.